The molecule has 0 bridgehead atoms. The van der Waals surface area contributed by atoms with E-state index in [0.29, 0.717) is 31.9 Å². The van der Waals surface area contributed by atoms with Crippen LogP contribution >= 0.6 is 0 Å². The molecule has 1 aromatic carbocycles. The average molecular weight is 349 g/mol. The molecule has 0 radical (unpaired) electrons. The normalized spacial score (nSPS) is 14.6. The van der Waals surface area contributed by atoms with Crippen LogP contribution in [0.2, 0.25) is 0 Å². The van der Waals surface area contributed by atoms with E-state index in [-0.39, 0.29) is 30.6 Å². The van der Waals surface area contributed by atoms with Crippen molar-refractivity contribution in [2.75, 3.05) is 37.6 Å². The van der Waals surface area contributed by atoms with Crippen LogP contribution in [-0.4, -0.2) is 55.2 Å². The highest BCUT2D eigenvalue weighted by molar-refractivity contribution is 6.36. The van der Waals surface area contributed by atoms with Crippen LogP contribution in [-0.2, 0) is 14.4 Å². The Kier molecular flexibility index (Phi) is 6.50. The number of anilines is 1. The summed E-state index contributed by atoms with van der Waals surface area (Å²) in [7, 11) is 0. The third-order valence-corrected chi connectivity index (χ3v) is 4.07. The zero-order valence-corrected chi connectivity index (χ0v) is 14.6. The number of halogens is 1. The molecule has 2 rings (SSSR count). The van der Waals surface area contributed by atoms with Gasteiger partial charge in [-0.25, -0.2) is 4.39 Å². The molecule has 1 aromatic rings. The maximum absolute atomic E-state index is 13.8. The van der Waals surface area contributed by atoms with Gasteiger partial charge in [0, 0.05) is 32.6 Å². The Labute approximate surface area is 147 Å². The lowest BCUT2D eigenvalue weighted by atomic mass is 10.1. The zero-order chi connectivity index (χ0) is 18.4. The van der Waals surface area contributed by atoms with Gasteiger partial charge in [0.05, 0.1) is 12.2 Å². The molecule has 1 saturated heterocycles. The van der Waals surface area contributed by atoms with Crippen molar-refractivity contribution in [2.24, 2.45) is 5.92 Å². The average Bonchev–Trinajstić information content (AvgIpc) is 2.59. The first-order valence-electron chi connectivity index (χ1n) is 8.46. The lowest BCUT2D eigenvalue weighted by Crippen LogP contribution is -2.51. The van der Waals surface area contributed by atoms with Gasteiger partial charge in [0.1, 0.15) is 5.82 Å². The molecule has 136 valence electrons. The van der Waals surface area contributed by atoms with Gasteiger partial charge in [0.15, 0.2) is 0 Å². The fraction of sp³-hybridized carbons (Fsp3) is 0.500. The first-order valence-corrected chi connectivity index (χ1v) is 8.46. The molecule has 25 heavy (non-hydrogen) atoms. The highest BCUT2D eigenvalue weighted by Gasteiger charge is 2.23. The van der Waals surface area contributed by atoms with Crippen molar-refractivity contribution in [1.29, 1.82) is 0 Å². The molecule has 0 aromatic heterocycles. The zero-order valence-electron chi connectivity index (χ0n) is 14.6. The van der Waals surface area contributed by atoms with Gasteiger partial charge >= 0.3 is 0 Å². The van der Waals surface area contributed by atoms with Gasteiger partial charge in [0.2, 0.25) is 11.7 Å². The van der Waals surface area contributed by atoms with Crippen molar-refractivity contribution < 1.29 is 18.8 Å². The first-order chi connectivity index (χ1) is 11.9. The van der Waals surface area contributed by atoms with Crippen LogP contribution in [0.15, 0.2) is 24.3 Å². The number of amides is 2. The molecule has 1 aliphatic heterocycles. The highest BCUT2D eigenvalue weighted by atomic mass is 19.1. The summed E-state index contributed by atoms with van der Waals surface area (Å²) in [5.41, 5.74) is 0.530. The Morgan fingerprint density at radius 2 is 1.76 bits per heavy atom. The molecule has 1 aliphatic rings. The number of Topliss-reactive ketones (excluding diaryl/α,β-unsaturated/α-hetero) is 1. The molecule has 1 fully saturated rings. The van der Waals surface area contributed by atoms with Gasteiger partial charge in [-0.05, 0) is 18.1 Å². The van der Waals surface area contributed by atoms with Gasteiger partial charge in [-0.15, -0.1) is 0 Å². The van der Waals surface area contributed by atoms with E-state index in [0.717, 1.165) is 0 Å². The minimum absolute atomic E-state index is 0.0976. The van der Waals surface area contributed by atoms with Gasteiger partial charge in [0.25, 0.3) is 5.91 Å². The largest absolute Gasteiger partial charge is 0.366 e. The summed E-state index contributed by atoms with van der Waals surface area (Å²) in [4.78, 5) is 38.9. The van der Waals surface area contributed by atoms with Crippen molar-refractivity contribution >= 4 is 23.3 Å². The SMILES string of the molecule is CC(C)CC(=O)C(=O)NCC(=O)N1CCN(c2ccccc2F)CC1. The summed E-state index contributed by atoms with van der Waals surface area (Å²) in [6.07, 6.45) is 0.168. The Hall–Kier alpha value is -2.44. The van der Waals surface area contributed by atoms with Crippen molar-refractivity contribution in [1.82, 2.24) is 10.2 Å². The minimum atomic E-state index is -0.716. The van der Waals surface area contributed by atoms with E-state index < -0.39 is 11.7 Å². The molecule has 6 nitrogen and oxygen atoms in total. The lowest BCUT2D eigenvalue weighted by Gasteiger charge is -2.36. The molecule has 0 saturated carbocycles. The van der Waals surface area contributed by atoms with Crippen LogP contribution < -0.4 is 10.2 Å². The maximum Gasteiger partial charge on any atom is 0.287 e. The first kappa shape index (κ1) is 18.9. The van der Waals surface area contributed by atoms with E-state index in [4.69, 9.17) is 0 Å². The standard InChI is InChI=1S/C18H24FN3O3/c1-13(2)11-16(23)18(25)20-12-17(24)22-9-7-21(8-10-22)15-6-4-3-5-14(15)19/h3-6,13H,7-12H2,1-2H3,(H,20,25). The van der Waals surface area contributed by atoms with Gasteiger partial charge in [-0.1, -0.05) is 26.0 Å². The minimum Gasteiger partial charge on any atom is -0.366 e. The number of hydrogen-bond donors (Lipinski definition) is 1. The molecule has 1 heterocycles. The quantitative estimate of drug-likeness (QED) is 0.784. The van der Waals surface area contributed by atoms with Crippen LogP contribution in [0.25, 0.3) is 0 Å². The van der Waals surface area contributed by atoms with Gasteiger partial charge in [-0.2, -0.15) is 0 Å². The molecule has 1 N–H and O–H groups in total. The number of hydrogen-bond acceptors (Lipinski definition) is 4. The number of carbonyl (C=O) groups is 3. The van der Waals surface area contributed by atoms with Crippen LogP contribution in [0.1, 0.15) is 20.3 Å². The number of nitrogens with one attached hydrogen (secondary N) is 1. The summed E-state index contributed by atoms with van der Waals surface area (Å²) in [6.45, 7) is 5.45. The van der Waals surface area contributed by atoms with E-state index in [9.17, 15) is 18.8 Å². The molecule has 0 unspecified atom stereocenters. The van der Waals surface area contributed by atoms with Crippen molar-refractivity contribution in [3.8, 4) is 0 Å². The van der Waals surface area contributed by atoms with E-state index in [1.807, 2.05) is 18.7 Å². The Balaban J connectivity index is 1.79. The maximum atomic E-state index is 13.8. The van der Waals surface area contributed by atoms with Crippen LogP contribution in [0.3, 0.4) is 0 Å². The second-order valence-electron chi connectivity index (χ2n) is 6.52. The molecule has 0 spiro atoms. The Morgan fingerprint density at radius 1 is 1.12 bits per heavy atom. The summed E-state index contributed by atoms with van der Waals surface area (Å²) >= 11 is 0. The lowest BCUT2D eigenvalue weighted by molar-refractivity contribution is -0.140. The summed E-state index contributed by atoms with van der Waals surface area (Å²) in [5, 5.41) is 2.38. The predicted molar refractivity (Wildman–Crippen MR) is 92.7 cm³/mol. The highest BCUT2D eigenvalue weighted by Crippen LogP contribution is 2.20. The number of para-hydroxylation sites is 1. The van der Waals surface area contributed by atoms with E-state index in [1.165, 1.54) is 6.07 Å². The number of ketones is 1. The molecule has 0 aliphatic carbocycles. The van der Waals surface area contributed by atoms with Crippen LogP contribution in [0.5, 0.6) is 0 Å². The molecular weight excluding hydrogens is 325 g/mol. The number of piperazine rings is 1. The Bertz CT molecular complexity index is 640. The number of rotatable bonds is 6. The number of benzene rings is 1. The number of nitrogens with zero attached hydrogens (tertiary/aromatic N) is 2. The molecule has 2 amide bonds. The van der Waals surface area contributed by atoms with Gasteiger partial charge in [-0.3, -0.25) is 14.4 Å². The third-order valence-electron chi connectivity index (χ3n) is 4.07. The molecular formula is C18H24FN3O3. The van der Waals surface area contributed by atoms with Crippen LogP contribution in [0, 0.1) is 11.7 Å². The topological polar surface area (TPSA) is 69.7 Å². The fourth-order valence-corrected chi connectivity index (χ4v) is 2.73. The molecule has 0 atom stereocenters. The summed E-state index contributed by atoms with van der Waals surface area (Å²) in [6, 6.07) is 6.55. The second kappa shape index (κ2) is 8.60. The van der Waals surface area contributed by atoms with Crippen molar-refractivity contribution in [3.63, 3.8) is 0 Å². The predicted octanol–water partition coefficient (Wildman–Crippen LogP) is 1.21. The number of carbonyl (C=O) groups excluding carboxylic acids is 3. The van der Waals surface area contributed by atoms with Crippen molar-refractivity contribution in [2.45, 2.75) is 20.3 Å². The second-order valence-corrected chi connectivity index (χ2v) is 6.52. The smallest absolute Gasteiger partial charge is 0.287 e. The summed E-state index contributed by atoms with van der Waals surface area (Å²) in [5.74, 6) is -1.64. The molecule has 7 heteroatoms. The summed E-state index contributed by atoms with van der Waals surface area (Å²) < 4.78 is 13.8. The van der Waals surface area contributed by atoms with Crippen molar-refractivity contribution in [3.05, 3.63) is 30.1 Å². The third kappa shape index (κ3) is 5.27. The van der Waals surface area contributed by atoms with E-state index >= 15 is 0 Å². The monoisotopic (exact) mass is 349 g/mol. The Morgan fingerprint density at radius 3 is 2.36 bits per heavy atom. The fourth-order valence-electron chi connectivity index (χ4n) is 2.73. The van der Waals surface area contributed by atoms with E-state index in [2.05, 4.69) is 5.32 Å². The van der Waals surface area contributed by atoms with E-state index in [1.54, 1.807) is 23.1 Å². The van der Waals surface area contributed by atoms with Crippen LogP contribution in [0.4, 0.5) is 10.1 Å². The van der Waals surface area contributed by atoms with Gasteiger partial charge < -0.3 is 15.1 Å².